The third-order valence-electron chi connectivity index (χ3n) is 5.04. The Morgan fingerprint density at radius 1 is 1.03 bits per heavy atom. The van der Waals surface area contributed by atoms with Gasteiger partial charge in [0.2, 0.25) is 0 Å². The zero-order chi connectivity index (χ0) is 20.2. The van der Waals surface area contributed by atoms with Gasteiger partial charge in [-0.05, 0) is 60.5 Å². The predicted molar refractivity (Wildman–Crippen MR) is 117 cm³/mol. The Kier molecular flexibility index (Phi) is 5.84. The monoisotopic (exact) mass is 406 g/mol. The van der Waals surface area contributed by atoms with Crippen molar-refractivity contribution in [3.05, 3.63) is 94.5 Å². The molecule has 0 aliphatic carbocycles. The van der Waals surface area contributed by atoms with Gasteiger partial charge < -0.3 is 9.84 Å². The fraction of sp³-hybridized carbons (Fsp3) is 0.208. The summed E-state index contributed by atoms with van der Waals surface area (Å²) >= 11 is 6.06. The van der Waals surface area contributed by atoms with Crippen molar-refractivity contribution in [2.75, 3.05) is 6.61 Å². The summed E-state index contributed by atoms with van der Waals surface area (Å²) < 4.78 is 5.56. The molecular weight excluding hydrogens is 384 g/mol. The van der Waals surface area contributed by atoms with Gasteiger partial charge in [0.25, 0.3) is 0 Å². The molecule has 3 aromatic rings. The molecular formula is C24H23ClN2O2. The number of nitrogens with zero attached hydrogens (tertiary/aromatic N) is 1. The van der Waals surface area contributed by atoms with Crippen molar-refractivity contribution in [2.24, 2.45) is 4.99 Å². The third-order valence-corrected chi connectivity index (χ3v) is 5.29. The quantitative estimate of drug-likeness (QED) is 0.574. The molecule has 0 spiro atoms. The maximum Gasteiger partial charge on any atom is 0.126 e. The number of hydrogen-bond donors (Lipinski definition) is 2. The van der Waals surface area contributed by atoms with E-state index in [1.807, 2.05) is 73.7 Å². The number of halogens is 1. The van der Waals surface area contributed by atoms with Crippen LogP contribution in [0.15, 0.2) is 77.8 Å². The molecule has 4 nitrogen and oxygen atoms in total. The molecule has 0 fully saturated rings. The van der Waals surface area contributed by atoms with Gasteiger partial charge in [0.1, 0.15) is 17.7 Å². The van der Waals surface area contributed by atoms with E-state index in [2.05, 4.69) is 5.32 Å². The lowest BCUT2D eigenvalue weighted by Gasteiger charge is -2.31. The Labute approximate surface area is 175 Å². The van der Waals surface area contributed by atoms with Crippen LogP contribution in [0.4, 0.5) is 0 Å². The molecule has 1 heterocycles. The molecule has 0 unspecified atom stereocenters. The second kappa shape index (κ2) is 8.68. The number of benzene rings is 3. The maximum atomic E-state index is 10.4. The Hall–Kier alpha value is -2.82. The first-order valence-corrected chi connectivity index (χ1v) is 10.1. The highest BCUT2D eigenvalue weighted by molar-refractivity contribution is 6.30. The normalized spacial score (nSPS) is 18.9. The van der Waals surface area contributed by atoms with Crippen molar-refractivity contribution in [1.82, 2.24) is 5.32 Å². The smallest absolute Gasteiger partial charge is 0.126 e. The van der Waals surface area contributed by atoms with Crippen LogP contribution in [0.2, 0.25) is 5.02 Å². The molecule has 148 valence electrons. The molecule has 2 atom stereocenters. The van der Waals surface area contributed by atoms with Gasteiger partial charge in [0.15, 0.2) is 0 Å². The molecule has 0 saturated carbocycles. The summed E-state index contributed by atoms with van der Waals surface area (Å²) in [6, 6.07) is 23.1. The van der Waals surface area contributed by atoms with E-state index in [0.29, 0.717) is 18.1 Å². The van der Waals surface area contributed by atoms with E-state index >= 15 is 0 Å². The summed E-state index contributed by atoms with van der Waals surface area (Å²) in [5.74, 6) is 1.13. The number of nitrogens with one attached hydrogen (secondary N) is 1. The summed E-state index contributed by atoms with van der Waals surface area (Å²) in [7, 11) is 0. The fourth-order valence-corrected chi connectivity index (χ4v) is 3.72. The zero-order valence-corrected chi connectivity index (χ0v) is 16.9. The van der Waals surface area contributed by atoms with Crippen molar-refractivity contribution in [3.8, 4) is 11.5 Å². The van der Waals surface area contributed by atoms with Crippen molar-refractivity contribution < 1.29 is 9.84 Å². The molecule has 0 aromatic heterocycles. The number of para-hydroxylation sites is 1. The van der Waals surface area contributed by atoms with Crippen LogP contribution in [-0.4, -0.2) is 17.4 Å². The molecule has 2 N–H and O–H groups in total. The van der Waals surface area contributed by atoms with Crippen molar-refractivity contribution in [2.45, 2.75) is 25.6 Å². The molecule has 0 radical (unpaired) electrons. The topological polar surface area (TPSA) is 53.8 Å². The number of hydrogen-bond acceptors (Lipinski definition) is 4. The van der Waals surface area contributed by atoms with Gasteiger partial charge in [-0.1, -0.05) is 41.9 Å². The third kappa shape index (κ3) is 4.44. The van der Waals surface area contributed by atoms with Gasteiger partial charge in [-0.25, -0.2) is 0 Å². The lowest BCUT2D eigenvalue weighted by molar-refractivity contribution is 0.340. The van der Waals surface area contributed by atoms with Crippen LogP contribution in [0.3, 0.4) is 0 Å². The molecule has 29 heavy (non-hydrogen) atoms. The molecule has 0 bridgehead atoms. The lowest BCUT2D eigenvalue weighted by atomic mass is 9.93. The number of aliphatic imine (C=N–C) groups is 1. The predicted octanol–water partition coefficient (Wildman–Crippen LogP) is 5.67. The minimum Gasteiger partial charge on any atom is -0.508 e. The molecule has 3 aromatic carbocycles. The SMILES string of the molecule is CCOc1ccc(C2=N[C@H](c3ccc(Cl)cc3)N[C@H](c3ccccc3O)C2)cc1. The van der Waals surface area contributed by atoms with E-state index < -0.39 is 0 Å². The van der Waals surface area contributed by atoms with Crippen LogP contribution in [0.5, 0.6) is 11.5 Å². The highest BCUT2D eigenvalue weighted by Crippen LogP contribution is 2.34. The van der Waals surface area contributed by atoms with E-state index in [9.17, 15) is 5.11 Å². The highest BCUT2D eigenvalue weighted by atomic mass is 35.5. The van der Waals surface area contributed by atoms with Crippen LogP contribution in [0.25, 0.3) is 0 Å². The molecule has 4 rings (SSSR count). The first kappa shape index (κ1) is 19.5. The number of ether oxygens (including phenoxy) is 1. The van der Waals surface area contributed by atoms with Gasteiger partial charge in [0.05, 0.1) is 6.61 Å². The first-order chi connectivity index (χ1) is 14.1. The van der Waals surface area contributed by atoms with E-state index in [1.54, 1.807) is 6.07 Å². The summed E-state index contributed by atoms with van der Waals surface area (Å²) in [6.45, 7) is 2.61. The molecule has 0 amide bonds. The number of aromatic hydroxyl groups is 1. The van der Waals surface area contributed by atoms with Gasteiger partial charge >= 0.3 is 0 Å². The van der Waals surface area contributed by atoms with E-state index in [4.69, 9.17) is 21.3 Å². The van der Waals surface area contributed by atoms with Crippen LogP contribution in [0.1, 0.15) is 42.2 Å². The maximum absolute atomic E-state index is 10.4. The van der Waals surface area contributed by atoms with Gasteiger partial charge in [-0.2, -0.15) is 0 Å². The minimum atomic E-state index is -0.229. The summed E-state index contributed by atoms with van der Waals surface area (Å²) in [4.78, 5) is 4.97. The fourth-order valence-electron chi connectivity index (χ4n) is 3.59. The Balaban J connectivity index is 1.71. The number of phenols is 1. The van der Waals surface area contributed by atoms with Crippen LogP contribution >= 0.6 is 11.6 Å². The number of rotatable bonds is 5. The van der Waals surface area contributed by atoms with Crippen molar-refractivity contribution >= 4 is 17.3 Å². The zero-order valence-electron chi connectivity index (χ0n) is 16.2. The largest absolute Gasteiger partial charge is 0.508 e. The van der Waals surface area contributed by atoms with Gasteiger partial charge in [-0.3, -0.25) is 10.3 Å². The molecule has 5 heteroatoms. The summed E-state index contributed by atoms with van der Waals surface area (Å²) in [5, 5.41) is 14.6. The van der Waals surface area contributed by atoms with Crippen molar-refractivity contribution in [1.29, 1.82) is 0 Å². The molecule has 1 aliphatic rings. The van der Waals surface area contributed by atoms with E-state index in [0.717, 1.165) is 28.2 Å². The summed E-state index contributed by atoms with van der Waals surface area (Å²) in [5.41, 5.74) is 3.93. The van der Waals surface area contributed by atoms with Crippen LogP contribution in [0, 0.1) is 0 Å². The Morgan fingerprint density at radius 3 is 2.45 bits per heavy atom. The first-order valence-electron chi connectivity index (χ1n) is 9.73. The average molecular weight is 407 g/mol. The average Bonchev–Trinajstić information content (AvgIpc) is 2.75. The van der Waals surface area contributed by atoms with E-state index in [-0.39, 0.29) is 18.0 Å². The molecule has 1 aliphatic heterocycles. The minimum absolute atomic E-state index is 0.0593. The number of phenolic OH excluding ortho intramolecular Hbond substituents is 1. The van der Waals surface area contributed by atoms with Crippen molar-refractivity contribution in [3.63, 3.8) is 0 Å². The highest BCUT2D eigenvalue weighted by Gasteiger charge is 2.27. The Morgan fingerprint density at radius 2 is 1.76 bits per heavy atom. The second-order valence-electron chi connectivity index (χ2n) is 6.97. The standard InChI is InChI=1S/C24H23ClN2O2/c1-2-29-19-13-9-16(10-14-19)21-15-22(20-5-3-4-6-23(20)28)27-24(26-21)17-7-11-18(25)12-8-17/h3-14,22,24,27-28H,2,15H2,1H3/t22-,24-/m0/s1. The van der Waals surface area contributed by atoms with Crippen LogP contribution in [-0.2, 0) is 0 Å². The second-order valence-corrected chi connectivity index (χ2v) is 7.41. The van der Waals surface area contributed by atoms with E-state index in [1.165, 1.54) is 0 Å². The van der Waals surface area contributed by atoms with Gasteiger partial charge in [0, 0.05) is 28.8 Å². The Bertz CT molecular complexity index is 1000. The van der Waals surface area contributed by atoms with Gasteiger partial charge in [-0.15, -0.1) is 0 Å². The van der Waals surface area contributed by atoms with Crippen LogP contribution < -0.4 is 10.1 Å². The molecule has 0 saturated heterocycles. The summed E-state index contributed by atoms with van der Waals surface area (Å²) in [6.07, 6.45) is 0.447. The lowest BCUT2D eigenvalue weighted by Crippen LogP contribution is -2.33.